The average molecular weight is 353 g/mol. The summed E-state index contributed by atoms with van der Waals surface area (Å²) >= 11 is 0. The van der Waals surface area contributed by atoms with Crippen molar-refractivity contribution in [2.24, 2.45) is 11.8 Å². The van der Waals surface area contributed by atoms with Crippen molar-refractivity contribution in [3.63, 3.8) is 0 Å². The summed E-state index contributed by atoms with van der Waals surface area (Å²) < 4.78 is 41.5. The number of alkyl halides is 3. The lowest BCUT2D eigenvalue weighted by Gasteiger charge is -2.31. The highest BCUT2D eigenvalue weighted by atomic mass is 35.5. The van der Waals surface area contributed by atoms with E-state index in [0.29, 0.717) is 11.5 Å². The Kier molecular flexibility index (Phi) is 7.15. The Morgan fingerprint density at radius 3 is 2.61 bits per heavy atom. The van der Waals surface area contributed by atoms with Gasteiger partial charge in [-0.1, -0.05) is 25.1 Å². The Bertz CT molecular complexity index is 522. The van der Waals surface area contributed by atoms with Crippen LogP contribution in [0.5, 0.6) is 5.75 Å². The van der Waals surface area contributed by atoms with Gasteiger partial charge in [-0.05, 0) is 25.1 Å². The second kappa shape index (κ2) is 8.40. The van der Waals surface area contributed by atoms with Crippen LogP contribution in [0.1, 0.15) is 12.5 Å². The van der Waals surface area contributed by atoms with E-state index in [1.165, 1.54) is 6.07 Å². The molecule has 1 atom stereocenters. The van der Waals surface area contributed by atoms with E-state index in [1.54, 1.807) is 18.2 Å². The molecule has 0 radical (unpaired) electrons. The molecular formula is C15H20ClF3N2O2. The van der Waals surface area contributed by atoms with Crippen LogP contribution in [0.2, 0.25) is 0 Å². The Balaban J connectivity index is 0.00000264. The molecule has 1 aromatic carbocycles. The van der Waals surface area contributed by atoms with Gasteiger partial charge in [-0.3, -0.25) is 4.79 Å². The molecule has 1 saturated heterocycles. The molecule has 0 spiro atoms. The molecule has 1 heterocycles. The summed E-state index contributed by atoms with van der Waals surface area (Å²) in [5, 5.41) is 5.86. The third-order valence-electron chi connectivity index (χ3n) is 3.75. The molecule has 1 aromatic rings. The lowest BCUT2D eigenvalue weighted by molar-refractivity contribution is -0.153. The zero-order valence-electron chi connectivity index (χ0n) is 12.7. The number of carbonyl (C=O) groups is 1. The highest BCUT2D eigenvalue weighted by Crippen LogP contribution is 2.22. The number of hydrogen-bond donors (Lipinski definition) is 2. The largest absolute Gasteiger partial charge is 0.484 e. The van der Waals surface area contributed by atoms with Gasteiger partial charge in [0, 0.05) is 18.0 Å². The van der Waals surface area contributed by atoms with Gasteiger partial charge >= 0.3 is 6.18 Å². The van der Waals surface area contributed by atoms with E-state index in [2.05, 4.69) is 10.6 Å². The van der Waals surface area contributed by atoms with E-state index >= 15 is 0 Å². The van der Waals surface area contributed by atoms with Crippen LogP contribution >= 0.6 is 12.4 Å². The Morgan fingerprint density at radius 1 is 1.39 bits per heavy atom. The minimum absolute atomic E-state index is 0. The Labute approximate surface area is 139 Å². The van der Waals surface area contributed by atoms with Crippen LogP contribution in [0.25, 0.3) is 0 Å². The van der Waals surface area contributed by atoms with Crippen LogP contribution in [-0.4, -0.2) is 31.8 Å². The van der Waals surface area contributed by atoms with Gasteiger partial charge in [0.15, 0.2) is 6.61 Å². The van der Waals surface area contributed by atoms with Crippen LogP contribution in [0.15, 0.2) is 24.3 Å². The van der Waals surface area contributed by atoms with E-state index in [1.807, 2.05) is 6.92 Å². The van der Waals surface area contributed by atoms with Gasteiger partial charge in [-0.2, -0.15) is 13.2 Å². The maximum Gasteiger partial charge on any atom is 0.422 e. The first-order valence-corrected chi connectivity index (χ1v) is 7.12. The number of carbonyl (C=O) groups excluding carboxylic acids is 1. The summed E-state index contributed by atoms with van der Waals surface area (Å²) in [5.41, 5.74) is 0.527. The summed E-state index contributed by atoms with van der Waals surface area (Å²) in [4.78, 5) is 12.0. The lowest BCUT2D eigenvalue weighted by atomic mass is 9.88. The fraction of sp³-hybridized carbons (Fsp3) is 0.533. The summed E-state index contributed by atoms with van der Waals surface area (Å²) in [6, 6.07) is 6.40. The van der Waals surface area contributed by atoms with Gasteiger partial charge in [0.25, 0.3) is 0 Å². The molecular weight excluding hydrogens is 333 g/mol. The summed E-state index contributed by atoms with van der Waals surface area (Å²) in [5.74, 6) is 0.233. The first-order chi connectivity index (χ1) is 10.4. The molecule has 0 saturated carbocycles. The van der Waals surface area contributed by atoms with Gasteiger partial charge in [-0.25, -0.2) is 0 Å². The molecule has 2 rings (SSSR count). The molecule has 1 aliphatic rings. The zero-order valence-corrected chi connectivity index (χ0v) is 13.5. The second-order valence-electron chi connectivity index (χ2n) is 5.44. The summed E-state index contributed by atoms with van der Waals surface area (Å²) in [7, 11) is 0. The third-order valence-corrected chi connectivity index (χ3v) is 3.75. The number of benzene rings is 1. The van der Waals surface area contributed by atoms with Crippen molar-refractivity contribution < 1.29 is 22.7 Å². The number of ether oxygens (including phenoxy) is 1. The predicted molar refractivity (Wildman–Crippen MR) is 82.6 cm³/mol. The van der Waals surface area contributed by atoms with Crippen LogP contribution in [-0.2, 0) is 11.3 Å². The van der Waals surface area contributed by atoms with Crippen LogP contribution in [0.4, 0.5) is 13.2 Å². The summed E-state index contributed by atoms with van der Waals surface area (Å²) in [6.45, 7) is 2.30. The second-order valence-corrected chi connectivity index (χ2v) is 5.44. The van der Waals surface area contributed by atoms with E-state index in [0.717, 1.165) is 13.1 Å². The SMILES string of the molecule is CC(C(=O)NCc1ccccc1OCC(F)(F)F)C1CNC1.Cl. The van der Waals surface area contributed by atoms with Crippen LogP contribution in [0, 0.1) is 11.8 Å². The number of hydrogen-bond acceptors (Lipinski definition) is 3. The van der Waals surface area contributed by atoms with E-state index in [-0.39, 0.29) is 36.5 Å². The molecule has 0 aliphatic carbocycles. The van der Waals surface area contributed by atoms with Crippen molar-refractivity contribution >= 4 is 18.3 Å². The first kappa shape index (κ1) is 19.6. The van der Waals surface area contributed by atoms with E-state index in [9.17, 15) is 18.0 Å². The fourth-order valence-electron chi connectivity index (χ4n) is 2.17. The fourth-order valence-corrected chi connectivity index (χ4v) is 2.17. The third kappa shape index (κ3) is 5.91. The molecule has 130 valence electrons. The van der Waals surface area contributed by atoms with Crippen molar-refractivity contribution in [3.8, 4) is 5.75 Å². The van der Waals surface area contributed by atoms with Gasteiger partial charge in [-0.15, -0.1) is 12.4 Å². The molecule has 1 unspecified atom stereocenters. The molecule has 8 heteroatoms. The minimum atomic E-state index is -4.39. The highest BCUT2D eigenvalue weighted by molar-refractivity contribution is 5.85. The maximum absolute atomic E-state index is 12.2. The smallest absolute Gasteiger partial charge is 0.422 e. The van der Waals surface area contributed by atoms with E-state index in [4.69, 9.17) is 4.74 Å². The van der Waals surface area contributed by atoms with Crippen molar-refractivity contribution in [1.29, 1.82) is 0 Å². The van der Waals surface area contributed by atoms with Crippen molar-refractivity contribution in [1.82, 2.24) is 10.6 Å². The molecule has 4 nitrogen and oxygen atoms in total. The molecule has 23 heavy (non-hydrogen) atoms. The highest BCUT2D eigenvalue weighted by Gasteiger charge is 2.30. The van der Waals surface area contributed by atoms with Crippen LogP contribution in [0.3, 0.4) is 0 Å². The van der Waals surface area contributed by atoms with Gasteiger partial charge in [0.05, 0.1) is 0 Å². The molecule has 1 fully saturated rings. The molecule has 2 N–H and O–H groups in total. The van der Waals surface area contributed by atoms with Crippen LogP contribution < -0.4 is 15.4 Å². The quantitative estimate of drug-likeness (QED) is 0.827. The van der Waals surface area contributed by atoms with E-state index < -0.39 is 12.8 Å². The first-order valence-electron chi connectivity index (χ1n) is 7.12. The Hall–Kier alpha value is -1.47. The number of rotatable bonds is 6. The minimum Gasteiger partial charge on any atom is -0.484 e. The number of nitrogens with one attached hydrogen (secondary N) is 2. The normalized spacial score (nSPS) is 16.0. The van der Waals surface area contributed by atoms with Crippen molar-refractivity contribution in [2.45, 2.75) is 19.6 Å². The lowest BCUT2D eigenvalue weighted by Crippen LogP contribution is -2.49. The van der Waals surface area contributed by atoms with Gasteiger partial charge in [0.1, 0.15) is 5.75 Å². The maximum atomic E-state index is 12.2. The standard InChI is InChI=1S/C15H19F3N2O2.ClH/c1-10(12-6-19-7-12)14(21)20-8-11-4-2-3-5-13(11)22-9-15(16,17)18;/h2-5,10,12,19H,6-9H2,1H3,(H,20,21);1H. The van der Waals surface area contributed by atoms with Gasteiger partial charge in [0.2, 0.25) is 5.91 Å². The molecule has 1 amide bonds. The predicted octanol–water partition coefficient (Wildman–Crippen LogP) is 2.52. The monoisotopic (exact) mass is 352 g/mol. The average Bonchev–Trinajstić information content (AvgIpc) is 2.40. The van der Waals surface area contributed by atoms with Crippen molar-refractivity contribution in [2.75, 3.05) is 19.7 Å². The number of amides is 1. The molecule has 0 aromatic heterocycles. The Morgan fingerprint density at radius 2 is 2.04 bits per heavy atom. The summed E-state index contributed by atoms with van der Waals surface area (Å²) in [6.07, 6.45) is -4.39. The molecule has 1 aliphatic heterocycles. The topological polar surface area (TPSA) is 50.4 Å². The molecule has 0 bridgehead atoms. The number of halogens is 4. The number of para-hydroxylation sites is 1. The zero-order chi connectivity index (χ0) is 16.2. The van der Waals surface area contributed by atoms with Crippen molar-refractivity contribution in [3.05, 3.63) is 29.8 Å². The van der Waals surface area contributed by atoms with Gasteiger partial charge < -0.3 is 15.4 Å².